The van der Waals surface area contributed by atoms with E-state index in [4.69, 9.17) is 4.74 Å². The van der Waals surface area contributed by atoms with Gasteiger partial charge in [-0.15, -0.1) is 0 Å². The summed E-state index contributed by atoms with van der Waals surface area (Å²) in [5, 5.41) is 3.39. The molecule has 0 fully saturated rings. The van der Waals surface area contributed by atoms with Crippen molar-refractivity contribution < 1.29 is 4.74 Å². The van der Waals surface area contributed by atoms with Crippen LogP contribution < -0.4 is 5.32 Å². The van der Waals surface area contributed by atoms with Gasteiger partial charge in [0.15, 0.2) is 0 Å². The number of rotatable bonds is 6. The van der Waals surface area contributed by atoms with Gasteiger partial charge >= 0.3 is 0 Å². The second-order valence-corrected chi connectivity index (χ2v) is 3.82. The number of imidazole rings is 1. The number of methoxy groups -OCH3 is 1. The normalized spacial score (nSPS) is 12.8. The minimum Gasteiger partial charge on any atom is -0.385 e. The van der Waals surface area contributed by atoms with Crippen LogP contribution in [0.4, 0.5) is 5.95 Å². The van der Waals surface area contributed by atoms with Crippen LogP contribution in [-0.2, 0) is 11.3 Å². The Kier molecular flexibility index (Phi) is 4.62. The van der Waals surface area contributed by atoms with E-state index in [0.717, 1.165) is 31.2 Å². The van der Waals surface area contributed by atoms with Crippen LogP contribution in [0.5, 0.6) is 0 Å². The monoisotopic (exact) mass is 211 g/mol. The molecule has 1 atom stereocenters. The minimum atomic E-state index is 0.386. The maximum Gasteiger partial charge on any atom is 0.203 e. The molecule has 1 rings (SSSR count). The van der Waals surface area contributed by atoms with Crippen molar-refractivity contribution in [1.29, 1.82) is 0 Å². The zero-order valence-electron chi connectivity index (χ0n) is 10.1. The lowest BCUT2D eigenvalue weighted by Gasteiger charge is -2.14. The molecule has 0 aliphatic heterocycles. The first-order chi connectivity index (χ1) is 7.17. The molecule has 1 aromatic heterocycles. The third-order valence-corrected chi connectivity index (χ3v) is 2.37. The van der Waals surface area contributed by atoms with E-state index in [9.17, 15) is 0 Å². The van der Waals surface area contributed by atoms with Crippen LogP contribution in [0, 0.1) is 6.92 Å². The third-order valence-electron chi connectivity index (χ3n) is 2.37. The van der Waals surface area contributed by atoms with Gasteiger partial charge in [0.1, 0.15) is 0 Å². The topological polar surface area (TPSA) is 39.1 Å². The highest BCUT2D eigenvalue weighted by Crippen LogP contribution is 2.10. The predicted octanol–water partition coefficient (Wildman–Crippen LogP) is 2.05. The van der Waals surface area contributed by atoms with Crippen molar-refractivity contribution in [3.05, 3.63) is 11.9 Å². The molecule has 1 aromatic rings. The summed E-state index contributed by atoms with van der Waals surface area (Å²) in [5.41, 5.74) is 1.05. The zero-order chi connectivity index (χ0) is 11.3. The Morgan fingerprint density at radius 1 is 1.60 bits per heavy atom. The Balaban J connectivity index is 2.54. The zero-order valence-corrected chi connectivity index (χ0v) is 10.1. The number of nitrogens with one attached hydrogen (secondary N) is 1. The van der Waals surface area contributed by atoms with E-state index < -0.39 is 0 Å². The second-order valence-electron chi connectivity index (χ2n) is 3.82. The number of anilines is 1. The van der Waals surface area contributed by atoms with E-state index >= 15 is 0 Å². The highest BCUT2D eigenvalue weighted by atomic mass is 16.5. The molecular formula is C11H21N3O. The van der Waals surface area contributed by atoms with Crippen molar-refractivity contribution in [3.63, 3.8) is 0 Å². The molecule has 1 unspecified atom stereocenters. The van der Waals surface area contributed by atoms with Crippen molar-refractivity contribution in [2.24, 2.45) is 0 Å². The fourth-order valence-corrected chi connectivity index (χ4v) is 1.49. The van der Waals surface area contributed by atoms with Crippen molar-refractivity contribution in [1.82, 2.24) is 9.55 Å². The van der Waals surface area contributed by atoms with Crippen LogP contribution in [0.3, 0.4) is 0 Å². The van der Waals surface area contributed by atoms with Crippen LogP contribution >= 0.6 is 0 Å². The van der Waals surface area contributed by atoms with Crippen molar-refractivity contribution >= 4 is 5.95 Å². The van der Waals surface area contributed by atoms with Crippen molar-refractivity contribution in [2.45, 2.75) is 39.8 Å². The molecule has 4 heteroatoms. The van der Waals surface area contributed by atoms with Gasteiger partial charge < -0.3 is 14.6 Å². The van der Waals surface area contributed by atoms with E-state index in [-0.39, 0.29) is 0 Å². The summed E-state index contributed by atoms with van der Waals surface area (Å²) in [5.74, 6) is 0.957. The number of aromatic nitrogens is 2. The number of hydrogen-bond acceptors (Lipinski definition) is 3. The van der Waals surface area contributed by atoms with Crippen molar-refractivity contribution in [3.8, 4) is 0 Å². The van der Waals surface area contributed by atoms with E-state index in [1.165, 1.54) is 0 Å². The maximum atomic E-state index is 5.04. The molecule has 4 nitrogen and oxygen atoms in total. The van der Waals surface area contributed by atoms with Crippen molar-refractivity contribution in [2.75, 3.05) is 19.0 Å². The molecule has 0 spiro atoms. The molecule has 15 heavy (non-hydrogen) atoms. The first-order valence-electron chi connectivity index (χ1n) is 5.46. The van der Waals surface area contributed by atoms with Gasteiger partial charge in [-0.2, -0.15) is 0 Å². The van der Waals surface area contributed by atoms with E-state index in [1.54, 1.807) is 7.11 Å². The largest absolute Gasteiger partial charge is 0.385 e. The summed E-state index contributed by atoms with van der Waals surface area (Å²) >= 11 is 0. The Morgan fingerprint density at radius 3 is 2.93 bits per heavy atom. The number of hydrogen-bond donors (Lipinski definition) is 1. The second kappa shape index (κ2) is 5.75. The first kappa shape index (κ1) is 12.0. The number of ether oxygens (including phenoxy) is 1. The summed E-state index contributed by atoms with van der Waals surface area (Å²) in [4.78, 5) is 4.44. The molecule has 0 bridgehead atoms. The van der Waals surface area contributed by atoms with E-state index in [0.29, 0.717) is 6.04 Å². The molecular weight excluding hydrogens is 190 g/mol. The van der Waals surface area contributed by atoms with Gasteiger partial charge in [0.25, 0.3) is 0 Å². The molecule has 86 valence electrons. The molecule has 1 heterocycles. The van der Waals surface area contributed by atoms with Crippen LogP contribution in [0.2, 0.25) is 0 Å². The fraction of sp³-hybridized carbons (Fsp3) is 0.727. The van der Waals surface area contributed by atoms with Crippen LogP contribution in [0.1, 0.15) is 26.0 Å². The van der Waals surface area contributed by atoms with Gasteiger partial charge in [0.2, 0.25) is 5.95 Å². The van der Waals surface area contributed by atoms with Gasteiger partial charge in [-0.3, -0.25) is 0 Å². The minimum absolute atomic E-state index is 0.386. The molecule has 0 radical (unpaired) electrons. The van der Waals surface area contributed by atoms with Gasteiger partial charge in [0, 0.05) is 32.5 Å². The first-order valence-corrected chi connectivity index (χ1v) is 5.46. The highest BCUT2D eigenvalue weighted by molar-refractivity contribution is 5.29. The summed E-state index contributed by atoms with van der Waals surface area (Å²) in [6.45, 7) is 7.99. The molecule has 0 aliphatic rings. The average Bonchev–Trinajstić information content (AvgIpc) is 2.55. The Labute approximate surface area is 91.7 Å². The van der Waals surface area contributed by atoms with Crippen LogP contribution in [-0.4, -0.2) is 29.3 Å². The lowest BCUT2D eigenvalue weighted by atomic mass is 10.2. The van der Waals surface area contributed by atoms with Gasteiger partial charge in [-0.05, 0) is 27.2 Å². The Hall–Kier alpha value is -1.03. The van der Waals surface area contributed by atoms with Crippen LogP contribution in [0.15, 0.2) is 6.20 Å². The van der Waals surface area contributed by atoms with E-state index in [2.05, 4.69) is 34.9 Å². The molecule has 1 N–H and O–H groups in total. The smallest absolute Gasteiger partial charge is 0.203 e. The third kappa shape index (κ3) is 3.55. The lowest BCUT2D eigenvalue weighted by Crippen LogP contribution is -2.19. The van der Waals surface area contributed by atoms with Gasteiger partial charge in [-0.25, -0.2) is 4.98 Å². The number of nitrogens with zero attached hydrogens (tertiary/aromatic N) is 2. The molecule has 0 aromatic carbocycles. The fourth-order valence-electron chi connectivity index (χ4n) is 1.49. The predicted molar refractivity (Wildman–Crippen MR) is 62.2 cm³/mol. The Bertz CT molecular complexity index is 296. The number of aryl methyl sites for hydroxylation is 2. The SMILES string of the molecule is CCn1cc(C)nc1NC(C)CCOC. The molecule has 0 aliphatic carbocycles. The van der Waals surface area contributed by atoms with Gasteiger partial charge in [0.05, 0.1) is 5.69 Å². The molecule has 0 saturated carbocycles. The molecule has 0 amide bonds. The van der Waals surface area contributed by atoms with E-state index in [1.807, 2.05) is 6.92 Å². The maximum absolute atomic E-state index is 5.04. The Morgan fingerprint density at radius 2 is 2.33 bits per heavy atom. The van der Waals surface area contributed by atoms with Gasteiger partial charge in [-0.1, -0.05) is 0 Å². The van der Waals surface area contributed by atoms with Crippen LogP contribution in [0.25, 0.3) is 0 Å². The summed E-state index contributed by atoms with van der Waals surface area (Å²) in [6.07, 6.45) is 3.05. The summed E-state index contributed by atoms with van der Waals surface area (Å²) in [6, 6.07) is 0.386. The quantitative estimate of drug-likeness (QED) is 0.782. The highest BCUT2D eigenvalue weighted by Gasteiger charge is 2.07. The molecule has 0 saturated heterocycles. The summed E-state index contributed by atoms with van der Waals surface area (Å²) < 4.78 is 7.17. The summed E-state index contributed by atoms with van der Waals surface area (Å²) in [7, 11) is 1.73. The standard InChI is InChI=1S/C11H21N3O/c1-5-14-8-10(3)13-11(14)12-9(2)6-7-15-4/h8-9H,5-7H2,1-4H3,(H,12,13). The average molecular weight is 211 g/mol. The lowest BCUT2D eigenvalue weighted by molar-refractivity contribution is 0.191.